The zero-order valence-electron chi connectivity index (χ0n) is 13.7. The van der Waals surface area contributed by atoms with Gasteiger partial charge in [-0.05, 0) is 90.4 Å². The first-order valence-corrected chi connectivity index (χ1v) is 8.93. The molecule has 0 bridgehead atoms. The number of nitrogens with one attached hydrogen (secondary N) is 1. The molecule has 1 fully saturated rings. The highest BCUT2D eigenvalue weighted by Crippen LogP contribution is 2.22. The summed E-state index contributed by atoms with van der Waals surface area (Å²) in [6.07, 6.45) is 13.3. The second kappa shape index (κ2) is 8.84. The highest BCUT2D eigenvalue weighted by atomic mass is 15.1. The molecule has 0 aromatic heterocycles. The van der Waals surface area contributed by atoms with Crippen LogP contribution in [0.15, 0.2) is 11.6 Å². The maximum absolute atomic E-state index is 3.79. The number of hydrogen-bond donors (Lipinski definition) is 1. The van der Waals surface area contributed by atoms with E-state index in [4.69, 9.17) is 0 Å². The van der Waals surface area contributed by atoms with Crippen LogP contribution in [0.25, 0.3) is 0 Å². The van der Waals surface area contributed by atoms with Crippen molar-refractivity contribution in [2.45, 2.75) is 71.3 Å². The van der Waals surface area contributed by atoms with E-state index in [1.807, 2.05) is 0 Å². The molecule has 2 aliphatic rings. The fourth-order valence-corrected chi connectivity index (χ4v) is 3.75. The Bertz CT molecular complexity index is 290. The molecule has 0 radical (unpaired) electrons. The molecule has 2 nitrogen and oxygen atoms in total. The van der Waals surface area contributed by atoms with Crippen molar-refractivity contribution in [3.05, 3.63) is 11.6 Å². The van der Waals surface area contributed by atoms with Gasteiger partial charge < -0.3 is 10.2 Å². The molecule has 1 unspecified atom stereocenters. The van der Waals surface area contributed by atoms with Crippen LogP contribution in [0.2, 0.25) is 0 Å². The number of piperidine rings is 1. The van der Waals surface area contributed by atoms with Gasteiger partial charge in [0, 0.05) is 6.04 Å². The summed E-state index contributed by atoms with van der Waals surface area (Å²) in [5, 5.41) is 3.79. The Morgan fingerprint density at radius 3 is 2.75 bits per heavy atom. The summed E-state index contributed by atoms with van der Waals surface area (Å²) < 4.78 is 0. The molecule has 1 aliphatic carbocycles. The van der Waals surface area contributed by atoms with E-state index >= 15 is 0 Å². The Hall–Kier alpha value is -0.340. The molecule has 0 aromatic rings. The van der Waals surface area contributed by atoms with Crippen molar-refractivity contribution in [2.75, 3.05) is 26.2 Å². The summed E-state index contributed by atoms with van der Waals surface area (Å²) in [5.74, 6) is 0.892. The minimum absolute atomic E-state index is 0.697. The minimum atomic E-state index is 0.697. The van der Waals surface area contributed by atoms with Crippen LogP contribution in [0.3, 0.4) is 0 Å². The summed E-state index contributed by atoms with van der Waals surface area (Å²) in [4.78, 5) is 2.63. The number of rotatable bonds is 7. The van der Waals surface area contributed by atoms with Crippen molar-refractivity contribution in [3.63, 3.8) is 0 Å². The third-order valence-corrected chi connectivity index (χ3v) is 5.18. The summed E-state index contributed by atoms with van der Waals surface area (Å²) in [5.41, 5.74) is 1.70. The first-order valence-electron chi connectivity index (χ1n) is 8.93. The van der Waals surface area contributed by atoms with Crippen molar-refractivity contribution < 1.29 is 0 Å². The van der Waals surface area contributed by atoms with Crippen molar-refractivity contribution >= 4 is 0 Å². The highest BCUT2D eigenvalue weighted by molar-refractivity contribution is 5.05. The lowest BCUT2D eigenvalue weighted by molar-refractivity contribution is 0.163. The molecule has 2 rings (SSSR count). The van der Waals surface area contributed by atoms with Crippen LogP contribution < -0.4 is 5.32 Å². The summed E-state index contributed by atoms with van der Waals surface area (Å²) >= 11 is 0. The maximum Gasteiger partial charge on any atom is 0.00680 e. The molecular weight excluding hydrogens is 244 g/mol. The Balaban J connectivity index is 1.60. The van der Waals surface area contributed by atoms with Gasteiger partial charge in [-0.2, -0.15) is 0 Å². The molecule has 1 atom stereocenters. The third-order valence-electron chi connectivity index (χ3n) is 5.18. The third kappa shape index (κ3) is 5.21. The van der Waals surface area contributed by atoms with Gasteiger partial charge in [-0.15, -0.1) is 0 Å². The second-order valence-electron chi connectivity index (χ2n) is 6.78. The molecular formula is C18H34N2. The van der Waals surface area contributed by atoms with Crippen LogP contribution in [0, 0.1) is 5.92 Å². The van der Waals surface area contributed by atoms with Crippen molar-refractivity contribution in [2.24, 2.45) is 5.92 Å². The first kappa shape index (κ1) is 16.0. The van der Waals surface area contributed by atoms with E-state index in [1.54, 1.807) is 5.57 Å². The van der Waals surface area contributed by atoms with Crippen LogP contribution in [-0.4, -0.2) is 37.1 Å². The minimum Gasteiger partial charge on any atom is -0.314 e. The number of likely N-dealkylation sites (tertiary alicyclic amines) is 1. The Morgan fingerprint density at radius 2 is 2.10 bits per heavy atom. The standard InChI is InChI=1S/C18H34N2/c1-3-13-20-14-10-18(11-15-20)16(2)19-12-9-17-7-5-4-6-8-17/h7,16,18-19H,3-6,8-15H2,1-2H3. The number of nitrogens with zero attached hydrogens (tertiary/aromatic N) is 1. The molecule has 0 spiro atoms. The van der Waals surface area contributed by atoms with Crippen LogP contribution in [-0.2, 0) is 0 Å². The van der Waals surface area contributed by atoms with Gasteiger partial charge in [0.25, 0.3) is 0 Å². The molecule has 1 aliphatic heterocycles. The highest BCUT2D eigenvalue weighted by Gasteiger charge is 2.22. The van der Waals surface area contributed by atoms with Gasteiger partial charge >= 0.3 is 0 Å². The van der Waals surface area contributed by atoms with Gasteiger partial charge in [0.1, 0.15) is 0 Å². The largest absolute Gasteiger partial charge is 0.314 e. The fourth-order valence-electron chi connectivity index (χ4n) is 3.75. The predicted octanol–water partition coefficient (Wildman–Crippen LogP) is 3.98. The topological polar surface area (TPSA) is 15.3 Å². The zero-order chi connectivity index (χ0) is 14.2. The van der Waals surface area contributed by atoms with Crippen LogP contribution in [0.1, 0.15) is 65.2 Å². The van der Waals surface area contributed by atoms with E-state index in [-0.39, 0.29) is 0 Å². The SMILES string of the molecule is CCCN1CCC(C(C)NCCC2=CCCCC2)CC1. The van der Waals surface area contributed by atoms with Crippen molar-refractivity contribution in [1.82, 2.24) is 10.2 Å². The zero-order valence-corrected chi connectivity index (χ0v) is 13.7. The van der Waals surface area contributed by atoms with Crippen molar-refractivity contribution in [1.29, 1.82) is 0 Å². The lowest BCUT2D eigenvalue weighted by atomic mass is 9.90. The van der Waals surface area contributed by atoms with Gasteiger partial charge in [-0.25, -0.2) is 0 Å². The molecule has 116 valence electrons. The summed E-state index contributed by atoms with van der Waals surface area (Å²) in [6.45, 7) is 9.79. The van der Waals surface area contributed by atoms with Gasteiger partial charge in [0.15, 0.2) is 0 Å². The van der Waals surface area contributed by atoms with Crippen LogP contribution >= 0.6 is 0 Å². The molecule has 1 heterocycles. The van der Waals surface area contributed by atoms with Crippen LogP contribution in [0.5, 0.6) is 0 Å². The maximum atomic E-state index is 3.79. The molecule has 20 heavy (non-hydrogen) atoms. The predicted molar refractivity (Wildman–Crippen MR) is 88.1 cm³/mol. The van der Waals surface area contributed by atoms with E-state index in [2.05, 4.69) is 30.1 Å². The Morgan fingerprint density at radius 1 is 1.30 bits per heavy atom. The van der Waals surface area contributed by atoms with E-state index in [0.29, 0.717) is 6.04 Å². The first-order chi connectivity index (χ1) is 9.79. The van der Waals surface area contributed by atoms with E-state index in [0.717, 1.165) is 5.92 Å². The molecule has 1 saturated heterocycles. The molecule has 2 heteroatoms. The number of hydrogen-bond acceptors (Lipinski definition) is 2. The summed E-state index contributed by atoms with van der Waals surface area (Å²) in [6, 6.07) is 0.697. The second-order valence-corrected chi connectivity index (χ2v) is 6.78. The van der Waals surface area contributed by atoms with E-state index < -0.39 is 0 Å². The van der Waals surface area contributed by atoms with E-state index in [9.17, 15) is 0 Å². The molecule has 0 amide bonds. The van der Waals surface area contributed by atoms with Crippen LogP contribution in [0.4, 0.5) is 0 Å². The fraction of sp³-hybridized carbons (Fsp3) is 0.889. The van der Waals surface area contributed by atoms with Gasteiger partial charge in [0.2, 0.25) is 0 Å². The smallest absolute Gasteiger partial charge is 0.00680 e. The lowest BCUT2D eigenvalue weighted by Crippen LogP contribution is -2.42. The lowest BCUT2D eigenvalue weighted by Gasteiger charge is -2.35. The van der Waals surface area contributed by atoms with E-state index in [1.165, 1.54) is 77.5 Å². The molecule has 1 N–H and O–H groups in total. The average Bonchev–Trinajstić information content (AvgIpc) is 2.49. The average molecular weight is 278 g/mol. The van der Waals surface area contributed by atoms with Gasteiger partial charge in [0.05, 0.1) is 0 Å². The Labute approximate surface area is 126 Å². The molecule has 0 saturated carbocycles. The van der Waals surface area contributed by atoms with Crippen molar-refractivity contribution in [3.8, 4) is 0 Å². The summed E-state index contributed by atoms with van der Waals surface area (Å²) in [7, 11) is 0. The van der Waals surface area contributed by atoms with Gasteiger partial charge in [-0.1, -0.05) is 18.6 Å². The van der Waals surface area contributed by atoms with Gasteiger partial charge in [-0.3, -0.25) is 0 Å². The quantitative estimate of drug-likeness (QED) is 0.709. The monoisotopic (exact) mass is 278 g/mol. The Kier molecular flexibility index (Phi) is 7.09. The normalized spacial score (nSPS) is 23.6. The molecule has 0 aromatic carbocycles. The number of allylic oxidation sites excluding steroid dienone is 1.